The summed E-state index contributed by atoms with van der Waals surface area (Å²) >= 11 is 0. The largest absolute Gasteiger partial charge is 0.348 e. The van der Waals surface area contributed by atoms with Crippen LogP contribution < -0.4 is 0 Å². The van der Waals surface area contributed by atoms with Crippen molar-refractivity contribution in [3.63, 3.8) is 0 Å². The Morgan fingerprint density at radius 2 is 1.90 bits per heavy atom. The highest BCUT2D eigenvalue weighted by molar-refractivity contribution is 5.80. The highest BCUT2D eigenvalue weighted by Crippen LogP contribution is 1.87. The van der Waals surface area contributed by atoms with Gasteiger partial charge in [-0.15, -0.1) is 0 Å². The van der Waals surface area contributed by atoms with E-state index in [2.05, 4.69) is 11.0 Å². The Kier molecular flexibility index (Phi) is 3.34. The molecule has 0 radical (unpaired) electrons. The molecule has 10 heavy (non-hydrogen) atoms. The van der Waals surface area contributed by atoms with E-state index >= 15 is 0 Å². The molecule has 0 fully saturated rings. The highest BCUT2D eigenvalue weighted by Gasteiger charge is 2.02. The third kappa shape index (κ3) is 1.98. The number of rotatable bonds is 0. The van der Waals surface area contributed by atoms with E-state index in [1.54, 1.807) is 19.0 Å². The molecule has 0 unspecified atom stereocenters. The minimum atomic E-state index is 0.780. The van der Waals surface area contributed by atoms with Crippen molar-refractivity contribution in [3.05, 3.63) is 0 Å². The number of aliphatic imine (C=N–C) groups is 1. The summed E-state index contributed by atoms with van der Waals surface area (Å²) in [6.07, 6.45) is 5.15. The van der Waals surface area contributed by atoms with Gasteiger partial charge in [0.25, 0.3) is 0 Å². The zero-order chi connectivity index (χ0) is 8.15. The van der Waals surface area contributed by atoms with Crippen LogP contribution in [0.3, 0.4) is 0 Å². The number of hydrogen-bond donors (Lipinski definition) is 0. The second-order valence-electron chi connectivity index (χ2n) is 2.11. The SMILES string of the molecule is C#CN(C)/C(=N/C)N(C)C. The standard InChI is InChI=1S/C7H13N3/c1-6-10(5)7(8-2)9(3)4/h1H,2-5H3/b8-7+. The number of nitrogens with zero attached hydrogens (tertiary/aromatic N) is 3. The summed E-state index contributed by atoms with van der Waals surface area (Å²) in [5.41, 5.74) is 0. The first kappa shape index (κ1) is 8.83. The van der Waals surface area contributed by atoms with Crippen LogP contribution in [0, 0.1) is 12.5 Å². The molecule has 0 aliphatic carbocycles. The fraction of sp³-hybridized carbons (Fsp3) is 0.571. The summed E-state index contributed by atoms with van der Waals surface area (Å²) in [5.74, 6) is 0.780. The first-order chi connectivity index (χ1) is 4.63. The van der Waals surface area contributed by atoms with Crippen molar-refractivity contribution in [2.24, 2.45) is 4.99 Å². The van der Waals surface area contributed by atoms with Gasteiger partial charge >= 0.3 is 0 Å². The van der Waals surface area contributed by atoms with Gasteiger partial charge in [0.15, 0.2) is 0 Å². The second kappa shape index (κ2) is 3.78. The molecule has 0 N–H and O–H groups in total. The summed E-state index contributed by atoms with van der Waals surface area (Å²) in [4.78, 5) is 7.47. The Balaban J connectivity index is 4.27. The first-order valence-electron chi connectivity index (χ1n) is 2.97. The van der Waals surface area contributed by atoms with Gasteiger partial charge in [0.1, 0.15) is 0 Å². The van der Waals surface area contributed by atoms with Crippen LogP contribution >= 0.6 is 0 Å². The van der Waals surface area contributed by atoms with Crippen LogP contribution in [0.25, 0.3) is 0 Å². The minimum Gasteiger partial charge on any atom is -0.348 e. The van der Waals surface area contributed by atoms with Crippen molar-refractivity contribution in [1.29, 1.82) is 0 Å². The van der Waals surface area contributed by atoms with Crippen molar-refractivity contribution >= 4 is 5.96 Å². The van der Waals surface area contributed by atoms with Gasteiger partial charge in [0, 0.05) is 34.2 Å². The van der Waals surface area contributed by atoms with Crippen LogP contribution in [-0.4, -0.2) is 44.0 Å². The Bertz CT molecular complexity index is 164. The van der Waals surface area contributed by atoms with E-state index in [1.807, 2.05) is 19.0 Å². The lowest BCUT2D eigenvalue weighted by Crippen LogP contribution is -2.34. The lowest BCUT2D eigenvalue weighted by Gasteiger charge is -2.20. The molecule has 0 atom stereocenters. The average molecular weight is 139 g/mol. The zero-order valence-corrected chi connectivity index (χ0v) is 6.92. The quantitative estimate of drug-likeness (QED) is 0.204. The molecule has 3 nitrogen and oxygen atoms in total. The Labute approximate surface area is 62.3 Å². The van der Waals surface area contributed by atoms with Crippen LogP contribution in [0.2, 0.25) is 0 Å². The van der Waals surface area contributed by atoms with E-state index in [1.165, 1.54) is 0 Å². The molecular weight excluding hydrogens is 126 g/mol. The summed E-state index contributed by atoms with van der Waals surface area (Å²) in [7, 11) is 7.30. The third-order valence-electron chi connectivity index (χ3n) is 1.09. The molecule has 56 valence electrons. The van der Waals surface area contributed by atoms with Crippen molar-refractivity contribution in [2.75, 3.05) is 28.2 Å². The summed E-state index contributed by atoms with van der Waals surface area (Å²) in [6.45, 7) is 0. The number of hydrogen-bond acceptors (Lipinski definition) is 1. The van der Waals surface area contributed by atoms with Crippen LogP contribution in [0.1, 0.15) is 0 Å². The van der Waals surface area contributed by atoms with Gasteiger partial charge in [-0.25, -0.2) is 0 Å². The molecule has 0 heterocycles. The maximum atomic E-state index is 5.15. The van der Waals surface area contributed by atoms with Crippen molar-refractivity contribution in [2.45, 2.75) is 0 Å². The van der Waals surface area contributed by atoms with Gasteiger partial charge in [-0.1, -0.05) is 6.42 Å². The van der Waals surface area contributed by atoms with Crippen LogP contribution in [0.15, 0.2) is 4.99 Å². The Morgan fingerprint density at radius 3 is 2.00 bits per heavy atom. The molecule has 0 bridgehead atoms. The molecule has 0 rings (SSSR count). The number of guanidine groups is 1. The molecule has 0 aromatic rings. The predicted molar refractivity (Wildman–Crippen MR) is 43.6 cm³/mol. The summed E-state index contributed by atoms with van der Waals surface area (Å²) in [5, 5.41) is 0. The van der Waals surface area contributed by atoms with E-state index < -0.39 is 0 Å². The van der Waals surface area contributed by atoms with Gasteiger partial charge in [-0.05, 0) is 0 Å². The smallest absolute Gasteiger partial charge is 0.207 e. The van der Waals surface area contributed by atoms with Crippen molar-refractivity contribution in [1.82, 2.24) is 9.80 Å². The maximum Gasteiger partial charge on any atom is 0.207 e. The molecule has 0 amide bonds. The van der Waals surface area contributed by atoms with E-state index in [9.17, 15) is 0 Å². The van der Waals surface area contributed by atoms with E-state index in [-0.39, 0.29) is 0 Å². The zero-order valence-electron chi connectivity index (χ0n) is 6.92. The maximum absolute atomic E-state index is 5.15. The molecule has 0 saturated heterocycles. The molecule has 0 aromatic heterocycles. The van der Waals surface area contributed by atoms with Crippen LogP contribution in [-0.2, 0) is 0 Å². The van der Waals surface area contributed by atoms with E-state index in [4.69, 9.17) is 6.42 Å². The van der Waals surface area contributed by atoms with E-state index in [0.29, 0.717) is 0 Å². The molecule has 0 aromatic carbocycles. The van der Waals surface area contributed by atoms with E-state index in [0.717, 1.165) is 5.96 Å². The summed E-state index contributed by atoms with van der Waals surface area (Å²) < 4.78 is 0. The van der Waals surface area contributed by atoms with Gasteiger partial charge < -0.3 is 4.90 Å². The Hall–Kier alpha value is -1.17. The molecule has 0 aliphatic heterocycles. The first-order valence-corrected chi connectivity index (χ1v) is 2.97. The monoisotopic (exact) mass is 139 g/mol. The van der Waals surface area contributed by atoms with Crippen molar-refractivity contribution in [3.8, 4) is 12.5 Å². The molecule has 0 saturated carbocycles. The molecule has 0 spiro atoms. The van der Waals surface area contributed by atoms with Gasteiger partial charge in [-0.2, -0.15) is 0 Å². The van der Waals surface area contributed by atoms with Gasteiger partial charge in [0.2, 0.25) is 5.96 Å². The average Bonchev–Trinajstić information content (AvgIpc) is 1.88. The highest BCUT2D eigenvalue weighted by atomic mass is 15.3. The van der Waals surface area contributed by atoms with Crippen molar-refractivity contribution < 1.29 is 0 Å². The number of terminal acetylenes is 1. The normalized spacial score (nSPS) is 10.5. The fourth-order valence-corrected chi connectivity index (χ4v) is 0.708. The minimum absolute atomic E-state index is 0.780. The molecule has 0 aliphatic rings. The third-order valence-corrected chi connectivity index (χ3v) is 1.09. The molecule has 3 heteroatoms. The topological polar surface area (TPSA) is 18.8 Å². The van der Waals surface area contributed by atoms with Gasteiger partial charge in [0.05, 0.1) is 0 Å². The van der Waals surface area contributed by atoms with Crippen LogP contribution in [0.4, 0.5) is 0 Å². The van der Waals surface area contributed by atoms with Crippen LogP contribution in [0.5, 0.6) is 0 Å². The summed E-state index contributed by atoms with van der Waals surface area (Å²) in [6, 6.07) is 2.46. The lowest BCUT2D eigenvalue weighted by molar-refractivity contribution is 0.522. The predicted octanol–water partition coefficient (Wildman–Crippen LogP) is 0.0563. The molecular formula is C7H13N3. The second-order valence-corrected chi connectivity index (χ2v) is 2.11. The Morgan fingerprint density at radius 1 is 1.40 bits per heavy atom. The lowest BCUT2D eigenvalue weighted by atomic mass is 10.7. The fourth-order valence-electron chi connectivity index (χ4n) is 0.708. The van der Waals surface area contributed by atoms with Gasteiger partial charge in [-0.3, -0.25) is 9.89 Å².